The lowest BCUT2D eigenvalue weighted by Gasteiger charge is -2.15. The van der Waals surface area contributed by atoms with Crippen LogP contribution in [0.1, 0.15) is 5.56 Å². The number of carbonyl (C=O) groups excluding carboxylic acids is 1. The van der Waals surface area contributed by atoms with Crippen LogP contribution in [-0.4, -0.2) is 33.8 Å². The summed E-state index contributed by atoms with van der Waals surface area (Å²) in [6, 6.07) is 4.43. The van der Waals surface area contributed by atoms with E-state index in [-0.39, 0.29) is 6.42 Å². The van der Waals surface area contributed by atoms with Crippen molar-refractivity contribution in [1.82, 2.24) is 4.72 Å². The van der Waals surface area contributed by atoms with Gasteiger partial charge < -0.3 is 4.74 Å². The Morgan fingerprint density at radius 3 is 2.39 bits per heavy atom. The molecule has 1 N–H and O–H groups in total. The minimum absolute atomic E-state index is 0.0972. The van der Waals surface area contributed by atoms with E-state index in [1.807, 2.05) is 0 Å². The first kappa shape index (κ1) is 14.6. The summed E-state index contributed by atoms with van der Waals surface area (Å²) in [4.78, 5) is 11.4. The number of nitrogens with one attached hydrogen (secondary N) is 1. The molecular formula is C11H14FNO4S. The van der Waals surface area contributed by atoms with E-state index in [1.165, 1.54) is 31.4 Å². The Morgan fingerprint density at radius 1 is 1.39 bits per heavy atom. The second-order valence-electron chi connectivity index (χ2n) is 3.80. The molecule has 0 radical (unpaired) electrons. The van der Waals surface area contributed by atoms with E-state index in [2.05, 4.69) is 9.46 Å². The van der Waals surface area contributed by atoms with Gasteiger partial charge in [-0.25, -0.2) is 17.5 Å². The highest BCUT2D eigenvalue weighted by Gasteiger charge is 2.23. The molecule has 100 valence electrons. The standard InChI is InChI=1S/C11H14FNO4S/c1-17-11(14)10(13-18(2,15)16)7-8-3-5-9(12)6-4-8/h3-6,10,13H,7H2,1-2H3. The molecule has 18 heavy (non-hydrogen) atoms. The largest absolute Gasteiger partial charge is 0.468 e. The fourth-order valence-electron chi connectivity index (χ4n) is 1.43. The molecule has 1 aromatic carbocycles. The summed E-state index contributed by atoms with van der Waals surface area (Å²) >= 11 is 0. The van der Waals surface area contributed by atoms with Crippen molar-refractivity contribution in [3.63, 3.8) is 0 Å². The number of hydrogen-bond acceptors (Lipinski definition) is 4. The van der Waals surface area contributed by atoms with Crippen LogP contribution in [-0.2, 0) is 26.0 Å². The number of hydrogen-bond donors (Lipinski definition) is 1. The molecule has 1 unspecified atom stereocenters. The normalized spacial score (nSPS) is 13.1. The number of carbonyl (C=O) groups is 1. The molecule has 0 saturated heterocycles. The second-order valence-corrected chi connectivity index (χ2v) is 5.58. The predicted octanol–water partition coefficient (Wildman–Crippen LogP) is 0.459. The molecule has 0 aromatic heterocycles. The zero-order chi connectivity index (χ0) is 13.8. The molecule has 0 spiro atoms. The fraction of sp³-hybridized carbons (Fsp3) is 0.364. The van der Waals surface area contributed by atoms with Gasteiger partial charge in [0.1, 0.15) is 11.9 Å². The van der Waals surface area contributed by atoms with Crippen molar-refractivity contribution in [1.29, 1.82) is 0 Å². The molecule has 0 heterocycles. The highest BCUT2D eigenvalue weighted by Crippen LogP contribution is 2.07. The summed E-state index contributed by atoms with van der Waals surface area (Å²) < 4.78 is 41.7. The Bertz CT molecular complexity index is 512. The maximum absolute atomic E-state index is 12.7. The van der Waals surface area contributed by atoms with E-state index in [9.17, 15) is 17.6 Å². The van der Waals surface area contributed by atoms with Crippen molar-refractivity contribution in [2.75, 3.05) is 13.4 Å². The van der Waals surface area contributed by atoms with Gasteiger partial charge >= 0.3 is 5.97 Å². The molecule has 5 nitrogen and oxygen atoms in total. The number of esters is 1. The van der Waals surface area contributed by atoms with Gasteiger partial charge in [-0.2, -0.15) is 0 Å². The molecule has 0 aliphatic rings. The summed E-state index contributed by atoms with van der Waals surface area (Å²) in [5.41, 5.74) is 0.628. The van der Waals surface area contributed by atoms with E-state index < -0.39 is 27.9 Å². The molecule has 1 aromatic rings. The Labute approximate surface area is 105 Å². The van der Waals surface area contributed by atoms with Crippen LogP contribution in [0.5, 0.6) is 0 Å². The average Bonchev–Trinajstić information content (AvgIpc) is 2.28. The zero-order valence-corrected chi connectivity index (χ0v) is 10.8. The van der Waals surface area contributed by atoms with Gasteiger partial charge in [-0.1, -0.05) is 12.1 Å². The van der Waals surface area contributed by atoms with Crippen LogP contribution < -0.4 is 4.72 Å². The molecule has 0 amide bonds. The number of sulfonamides is 1. The van der Waals surface area contributed by atoms with E-state index in [4.69, 9.17) is 0 Å². The number of halogens is 1. The zero-order valence-electron chi connectivity index (χ0n) is 10.0. The van der Waals surface area contributed by atoms with Crippen LogP contribution in [0.2, 0.25) is 0 Å². The molecule has 0 saturated carbocycles. The fourth-order valence-corrected chi connectivity index (χ4v) is 2.13. The minimum Gasteiger partial charge on any atom is -0.468 e. The molecule has 0 aliphatic heterocycles. The molecule has 0 aliphatic carbocycles. The maximum atomic E-state index is 12.7. The topological polar surface area (TPSA) is 72.5 Å². The maximum Gasteiger partial charge on any atom is 0.324 e. The first-order valence-corrected chi connectivity index (χ1v) is 7.00. The first-order valence-electron chi connectivity index (χ1n) is 5.11. The van der Waals surface area contributed by atoms with Crippen molar-refractivity contribution >= 4 is 16.0 Å². The minimum atomic E-state index is -3.53. The monoisotopic (exact) mass is 275 g/mol. The van der Waals surface area contributed by atoms with Gasteiger partial charge in [0, 0.05) is 0 Å². The smallest absolute Gasteiger partial charge is 0.324 e. The summed E-state index contributed by atoms with van der Waals surface area (Å²) in [6.45, 7) is 0. The Morgan fingerprint density at radius 2 is 1.94 bits per heavy atom. The van der Waals surface area contributed by atoms with Gasteiger partial charge in [-0.3, -0.25) is 4.79 Å². The summed E-state index contributed by atoms with van der Waals surface area (Å²) in [6.07, 6.45) is 1.05. The molecular weight excluding hydrogens is 261 g/mol. The summed E-state index contributed by atoms with van der Waals surface area (Å²) in [5.74, 6) is -1.09. The van der Waals surface area contributed by atoms with Crippen LogP contribution >= 0.6 is 0 Å². The van der Waals surface area contributed by atoms with E-state index in [0.717, 1.165) is 6.26 Å². The second kappa shape index (κ2) is 5.92. The highest BCUT2D eigenvalue weighted by molar-refractivity contribution is 7.88. The summed E-state index contributed by atoms with van der Waals surface area (Å²) in [5, 5.41) is 0. The predicted molar refractivity (Wildman–Crippen MR) is 63.9 cm³/mol. The van der Waals surface area contributed by atoms with E-state index in [0.29, 0.717) is 5.56 Å². The van der Waals surface area contributed by atoms with Gasteiger partial charge in [-0.15, -0.1) is 0 Å². The van der Waals surface area contributed by atoms with Gasteiger partial charge in [0.05, 0.1) is 13.4 Å². The van der Waals surface area contributed by atoms with Crippen LogP contribution in [0.3, 0.4) is 0 Å². The van der Waals surface area contributed by atoms with E-state index >= 15 is 0 Å². The quantitative estimate of drug-likeness (QED) is 0.792. The molecule has 1 rings (SSSR count). The van der Waals surface area contributed by atoms with Crippen molar-refractivity contribution < 1.29 is 22.3 Å². The third-order valence-electron chi connectivity index (χ3n) is 2.20. The average molecular weight is 275 g/mol. The summed E-state index contributed by atoms with van der Waals surface area (Å²) in [7, 11) is -2.36. The number of rotatable bonds is 5. The van der Waals surface area contributed by atoms with Crippen LogP contribution in [0, 0.1) is 5.82 Å². The number of methoxy groups -OCH3 is 1. The van der Waals surface area contributed by atoms with E-state index in [1.54, 1.807) is 0 Å². The van der Waals surface area contributed by atoms with Crippen LogP contribution in [0.25, 0.3) is 0 Å². The van der Waals surface area contributed by atoms with Crippen molar-refractivity contribution in [2.24, 2.45) is 0 Å². The Kier molecular flexibility index (Phi) is 4.80. The van der Waals surface area contributed by atoms with Gasteiger partial charge in [0.25, 0.3) is 0 Å². The van der Waals surface area contributed by atoms with Crippen molar-refractivity contribution in [2.45, 2.75) is 12.5 Å². The lowest BCUT2D eigenvalue weighted by Crippen LogP contribution is -2.42. The Hall–Kier alpha value is -1.47. The van der Waals surface area contributed by atoms with Crippen molar-refractivity contribution in [3.8, 4) is 0 Å². The molecule has 7 heteroatoms. The third kappa shape index (κ3) is 4.80. The van der Waals surface area contributed by atoms with Gasteiger partial charge in [0.15, 0.2) is 0 Å². The lowest BCUT2D eigenvalue weighted by molar-refractivity contribution is -0.142. The number of benzene rings is 1. The van der Waals surface area contributed by atoms with Crippen LogP contribution in [0.15, 0.2) is 24.3 Å². The lowest BCUT2D eigenvalue weighted by atomic mass is 10.1. The third-order valence-corrected chi connectivity index (χ3v) is 2.91. The Balaban J connectivity index is 2.84. The van der Waals surface area contributed by atoms with Crippen LogP contribution in [0.4, 0.5) is 4.39 Å². The molecule has 1 atom stereocenters. The SMILES string of the molecule is COC(=O)C(Cc1ccc(F)cc1)NS(C)(=O)=O. The van der Waals surface area contributed by atoms with Gasteiger partial charge in [-0.05, 0) is 24.1 Å². The molecule has 0 fully saturated rings. The molecule has 0 bridgehead atoms. The van der Waals surface area contributed by atoms with Gasteiger partial charge in [0.2, 0.25) is 10.0 Å². The first-order chi connectivity index (χ1) is 8.31. The van der Waals surface area contributed by atoms with Crippen molar-refractivity contribution in [3.05, 3.63) is 35.6 Å². The number of ether oxygens (including phenoxy) is 1. The highest BCUT2D eigenvalue weighted by atomic mass is 32.2.